The van der Waals surface area contributed by atoms with Crippen LogP contribution in [-0.2, 0) is 6.42 Å². The molecular formula is C9H14N4O. The highest BCUT2D eigenvalue weighted by Crippen LogP contribution is 2.29. The zero-order valence-corrected chi connectivity index (χ0v) is 8.45. The highest BCUT2D eigenvalue weighted by Gasteiger charge is 2.25. The first-order chi connectivity index (χ1) is 6.59. The molecule has 0 spiro atoms. The van der Waals surface area contributed by atoms with Gasteiger partial charge in [-0.1, -0.05) is 13.8 Å². The first-order valence-electron chi connectivity index (χ1n) is 4.54. The van der Waals surface area contributed by atoms with Gasteiger partial charge in [0.25, 0.3) is 5.95 Å². The largest absolute Gasteiger partial charge is 0.365 e. The molecule has 5 nitrogen and oxygen atoms in total. The minimum Gasteiger partial charge on any atom is -0.365 e. The number of nitriles is 1. The molecule has 0 aliphatic carbocycles. The summed E-state index contributed by atoms with van der Waals surface area (Å²) in [6.07, 6.45) is 1.97. The minimum absolute atomic E-state index is 0.103. The lowest BCUT2D eigenvalue weighted by Gasteiger charge is -2.22. The van der Waals surface area contributed by atoms with Gasteiger partial charge in [0.05, 0.1) is 6.07 Å². The Kier molecular flexibility index (Phi) is 3.07. The van der Waals surface area contributed by atoms with Crippen molar-refractivity contribution in [3.05, 3.63) is 5.89 Å². The Morgan fingerprint density at radius 3 is 2.79 bits per heavy atom. The van der Waals surface area contributed by atoms with Gasteiger partial charge in [0.1, 0.15) is 0 Å². The fourth-order valence-electron chi connectivity index (χ4n) is 1.21. The van der Waals surface area contributed by atoms with Crippen molar-refractivity contribution in [3.8, 4) is 6.07 Å². The van der Waals surface area contributed by atoms with Gasteiger partial charge in [0.15, 0.2) is 0 Å². The van der Waals surface area contributed by atoms with E-state index in [1.807, 2.05) is 13.8 Å². The molecule has 0 bridgehead atoms. The van der Waals surface area contributed by atoms with Crippen LogP contribution in [0.1, 0.15) is 32.6 Å². The Balaban J connectivity index is 2.70. The quantitative estimate of drug-likeness (QED) is 0.784. The first-order valence-corrected chi connectivity index (χ1v) is 4.54. The lowest BCUT2D eigenvalue weighted by Crippen LogP contribution is -2.18. The van der Waals surface area contributed by atoms with Crippen LogP contribution in [0.25, 0.3) is 0 Å². The molecule has 1 aromatic heterocycles. The van der Waals surface area contributed by atoms with E-state index in [0.29, 0.717) is 18.7 Å². The molecule has 0 aliphatic rings. The highest BCUT2D eigenvalue weighted by molar-refractivity contribution is 5.11. The van der Waals surface area contributed by atoms with Crippen LogP contribution in [0.2, 0.25) is 0 Å². The average Bonchev–Trinajstić information content (AvgIpc) is 2.51. The average molecular weight is 194 g/mol. The molecule has 0 aliphatic heterocycles. The van der Waals surface area contributed by atoms with E-state index in [1.165, 1.54) is 0 Å². The predicted octanol–water partition coefficient (Wildman–Crippen LogP) is 1.52. The molecule has 0 saturated carbocycles. The molecule has 0 radical (unpaired) electrons. The van der Waals surface area contributed by atoms with Crippen LogP contribution in [0.3, 0.4) is 0 Å². The number of nitrogens with zero attached hydrogens (tertiary/aromatic N) is 3. The van der Waals surface area contributed by atoms with E-state index in [2.05, 4.69) is 16.2 Å². The third kappa shape index (κ3) is 2.46. The monoisotopic (exact) mass is 194 g/mol. The Hall–Kier alpha value is -1.57. The highest BCUT2D eigenvalue weighted by atomic mass is 16.5. The van der Waals surface area contributed by atoms with E-state index in [9.17, 15) is 0 Å². The van der Waals surface area contributed by atoms with Crippen molar-refractivity contribution in [1.29, 1.82) is 5.26 Å². The number of rotatable bonds is 4. The molecule has 1 aromatic rings. The molecular weight excluding hydrogens is 180 g/mol. The summed E-state index contributed by atoms with van der Waals surface area (Å²) >= 11 is 0. The zero-order valence-electron chi connectivity index (χ0n) is 8.45. The van der Waals surface area contributed by atoms with Gasteiger partial charge in [-0.05, 0) is 17.0 Å². The third-order valence-electron chi connectivity index (χ3n) is 2.42. The predicted molar refractivity (Wildman–Crippen MR) is 51.0 cm³/mol. The van der Waals surface area contributed by atoms with E-state index in [-0.39, 0.29) is 11.4 Å². The van der Waals surface area contributed by atoms with Gasteiger partial charge in [0.2, 0.25) is 5.89 Å². The van der Waals surface area contributed by atoms with E-state index in [4.69, 9.17) is 15.5 Å². The topological polar surface area (TPSA) is 88.7 Å². The van der Waals surface area contributed by atoms with Gasteiger partial charge in [-0.15, -0.1) is 0 Å². The van der Waals surface area contributed by atoms with Crippen molar-refractivity contribution < 1.29 is 4.52 Å². The lowest BCUT2D eigenvalue weighted by atomic mass is 9.81. The van der Waals surface area contributed by atoms with Crippen molar-refractivity contribution in [3.63, 3.8) is 0 Å². The number of aromatic nitrogens is 2. The van der Waals surface area contributed by atoms with Crippen molar-refractivity contribution in [2.24, 2.45) is 5.41 Å². The van der Waals surface area contributed by atoms with Gasteiger partial charge in [0, 0.05) is 12.8 Å². The summed E-state index contributed by atoms with van der Waals surface area (Å²) in [6, 6.07) is 2.17. The number of anilines is 1. The number of nitrogen functional groups attached to an aromatic ring is 1. The summed E-state index contributed by atoms with van der Waals surface area (Å²) < 4.78 is 4.91. The van der Waals surface area contributed by atoms with E-state index >= 15 is 0 Å². The second kappa shape index (κ2) is 4.09. The SMILES string of the molecule is CCC(C)(CC#N)Cc1nc(N)no1. The molecule has 14 heavy (non-hydrogen) atoms. The molecule has 1 unspecified atom stereocenters. The Morgan fingerprint density at radius 1 is 1.64 bits per heavy atom. The van der Waals surface area contributed by atoms with Crippen LogP contribution in [0.5, 0.6) is 0 Å². The van der Waals surface area contributed by atoms with Crippen molar-refractivity contribution in [2.45, 2.75) is 33.1 Å². The van der Waals surface area contributed by atoms with Crippen LogP contribution in [0.15, 0.2) is 4.52 Å². The summed E-state index contributed by atoms with van der Waals surface area (Å²) in [6.45, 7) is 4.06. The maximum Gasteiger partial charge on any atom is 0.260 e. The summed E-state index contributed by atoms with van der Waals surface area (Å²) in [7, 11) is 0. The van der Waals surface area contributed by atoms with Gasteiger partial charge < -0.3 is 10.3 Å². The Bertz CT molecular complexity index is 341. The molecule has 0 aromatic carbocycles. The van der Waals surface area contributed by atoms with Gasteiger partial charge >= 0.3 is 0 Å². The third-order valence-corrected chi connectivity index (χ3v) is 2.42. The molecule has 0 saturated heterocycles. The smallest absolute Gasteiger partial charge is 0.260 e. The van der Waals surface area contributed by atoms with Gasteiger partial charge in [-0.2, -0.15) is 10.2 Å². The fourth-order valence-corrected chi connectivity index (χ4v) is 1.21. The van der Waals surface area contributed by atoms with E-state index in [0.717, 1.165) is 6.42 Å². The lowest BCUT2D eigenvalue weighted by molar-refractivity contribution is 0.266. The molecule has 1 rings (SSSR count). The van der Waals surface area contributed by atoms with Crippen LogP contribution in [-0.4, -0.2) is 10.1 Å². The van der Waals surface area contributed by atoms with Crippen LogP contribution < -0.4 is 5.73 Å². The van der Waals surface area contributed by atoms with Crippen LogP contribution >= 0.6 is 0 Å². The fraction of sp³-hybridized carbons (Fsp3) is 0.667. The van der Waals surface area contributed by atoms with E-state index in [1.54, 1.807) is 0 Å². The van der Waals surface area contributed by atoms with Crippen molar-refractivity contribution in [1.82, 2.24) is 10.1 Å². The van der Waals surface area contributed by atoms with E-state index < -0.39 is 0 Å². The number of nitrogens with two attached hydrogens (primary N) is 1. The first kappa shape index (κ1) is 10.5. The van der Waals surface area contributed by atoms with Crippen LogP contribution in [0.4, 0.5) is 5.95 Å². The molecule has 2 N–H and O–H groups in total. The Labute approximate surface area is 82.9 Å². The summed E-state index contributed by atoms with van der Waals surface area (Å²) in [5, 5.41) is 12.2. The Morgan fingerprint density at radius 2 is 2.36 bits per heavy atom. The molecule has 1 atom stereocenters. The summed E-state index contributed by atoms with van der Waals surface area (Å²) in [5.41, 5.74) is 5.23. The van der Waals surface area contributed by atoms with Crippen molar-refractivity contribution >= 4 is 5.95 Å². The molecule has 0 fully saturated rings. The maximum atomic E-state index is 8.67. The molecule has 76 valence electrons. The minimum atomic E-state index is -0.103. The second-order valence-corrected chi connectivity index (χ2v) is 3.72. The number of hydrogen-bond donors (Lipinski definition) is 1. The van der Waals surface area contributed by atoms with Gasteiger partial charge in [-0.3, -0.25) is 0 Å². The van der Waals surface area contributed by atoms with Crippen molar-refractivity contribution in [2.75, 3.05) is 5.73 Å². The molecule has 0 amide bonds. The summed E-state index contributed by atoms with van der Waals surface area (Å²) in [5.74, 6) is 0.650. The maximum absolute atomic E-state index is 8.67. The molecule has 1 heterocycles. The normalized spacial score (nSPS) is 14.6. The summed E-state index contributed by atoms with van der Waals surface area (Å²) in [4.78, 5) is 3.92. The standard InChI is InChI=1S/C9H14N4O/c1-3-9(2,4-5-10)6-7-12-8(11)13-14-7/h3-4,6H2,1-2H3,(H2,11,13). The van der Waals surface area contributed by atoms with Gasteiger partial charge in [-0.25, -0.2) is 0 Å². The molecule has 5 heteroatoms. The van der Waals surface area contributed by atoms with Crippen LogP contribution in [0, 0.1) is 16.7 Å². The zero-order chi connectivity index (χ0) is 10.6. The number of hydrogen-bond acceptors (Lipinski definition) is 5. The second-order valence-electron chi connectivity index (χ2n) is 3.72.